The lowest BCUT2D eigenvalue weighted by Crippen LogP contribution is -2.41. The van der Waals surface area contributed by atoms with Crippen LogP contribution in [0.3, 0.4) is 0 Å². The van der Waals surface area contributed by atoms with Crippen LogP contribution in [0.5, 0.6) is 5.75 Å². The maximum Gasteiger partial charge on any atom is 0.161 e. The predicted molar refractivity (Wildman–Crippen MR) is 74.2 cm³/mol. The van der Waals surface area contributed by atoms with Crippen molar-refractivity contribution in [2.75, 3.05) is 30.3 Å². The van der Waals surface area contributed by atoms with Crippen molar-refractivity contribution in [1.82, 2.24) is 0 Å². The van der Waals surface area contributed by atoms with Gasteiger partial charge < -0.3 is 20.1 Å². The topological polar surface area (TPSA) is 71.5 Å². The lowest BCUT2D eigenvalue weighted by atomic mass is 10.2. The van der Waals surface area contributed by atoms with Gasteiger partial charge in [0.1, 0.15) is 5.75 Å². The van der Waals surface area contributed by atoms with Gasteiger partial charge in [-0.1, -0.05) is 0 Å². The molecule has 2 rings (SSSR count). The van der Waals surface area contributed by atoms with Gasteiger partial charge in [-0.05, 0) is 26.0 Å². The van der Waals surface area contributed by atoms with E-state index in [-0.39, 0.29) is 12.2 Å². The number of nitriles is 1. The van der Waals surface area contributed by atoms with Crippen LogP contribution in [-0.4, -0.2) is 31.9 Å². The molecule has 1 unspecified atom stereocenters. The van der Waals surface area contributed by atoms with Crippen LogP contribution >= 0.6 is 0 Å². The molecule has 1 aliphatic rings. The number of nitrogens with zero attached hydrogens (tertiary/aromatic N) is 2. The molecule has 19 heavy (non-hydrogen) atoms. The molecule has 1 aromatic rings. The molecule has 0 saturated carbocycles. The standard InChI is InChI=1S/C14H19N3O2/c1-10(2)19-14-7-11(3-4-13(14)16)17-5-6-18-12(8-15)9-17/h3-4,7,10,12H,5-6,9,16H2,1-2H3. The molecule has 0 amide bonds. The van der Waals surface area contributed by atoms with Crippen molar-refractivity contribution in [3.05, 3.63) is 18.2 Å². The first kappa shape index (κ1) is 13.5. The van der Waals surface area contributed by atoms with E-state index < -0.39 is 0 Å². The van der Waals surface area contributed by atoms with E-state index in [0.717, 1.165) is 12.2 Å². The van der Waals surface area contributed by atoms with Crippen molar-refractivity contribution in [3.63, 3.8) is 0 Å². The van der Waals surface area contributed by atoms with E-state index in [9.17, 15) is 0 Å². The average molecular weight is 261 g/mol. The Bertz CT molecular complexity index is 482. The van der Waals surface area contributed by atoms with Crippen LogP contribution in [0, 0.1) is 11.3 Å². The highest BCUT2D eigenvalue weighted by atomic mass is 16.5. The first-order valence-electron chi connectivity index (χ1n) is 6.42. The number of rotatable bonds is 3. The smallest absolute Gasteiger partial charge is 0.161 e. The second-order valence-electron chi connectivity index (χ2n) is 4.82. The lowest BCUT2D eigenvalue weighted by Gasteiger charge is -2.32. The molecule has 0 aromatic heterocycles. The molecular weight excluding hydrogens is 242 g/mol. The van der Waals surface area contributed by atoms with Crippen molar-refractivity contribution in [2.24, 2.45) is 0 Å². The summed E-state index contributed by atoms with van der Waals surface area (Å²) in [5, 5.41) is 8.93. The highest BCUT2D eigenvalue weighted by Crippen LogP contribution is 2.29. The van der Waals surface area contributed by atoms with E-state index in [1.807, 2.05) is 32.0 Å². The average Bonchev–Trinajstić information content (AvgIpc) is 2.41. The molecule has 102 valence electrons. The second-order valence-corrected chi connectivity index (χ2v) is 4.82. The van der Waals surface area contributed by atoms with E-state index in [4.69, 9.17) is 20.5 Å². The van der Waals surface area contributed by atoms with Gasteiger partial charge in [0.25, 0.3) is 0 Å². The van der Waals surface area contributed by atoms with Gasteiger partial charge in [0.15, 0.2) is 6.10 Å². The number of nitrogen functional groups attached to an aromatic ring is 1. The van der Waals surface area contributed by atoms with Crippen molar-refractivity contribution in [1.29, 1.82) is 5.26 Å². The number of morpholine rings is 1. The summed E-state index contributed by atoms with van der Waals surface area (Å²) in [4.78, 5) is 2.12. The summed E-state index contributed by atoms with van der Waals surface area (Å²) >= 11 is 0. The molecule has 5 nitrogen and oxygen atoms in total. The summed E-state index contributed by atoms with van der Waals surface area (Å²) in [6, 6.07) is 7.85. The van der Waals surface area contributed by atoms with Crippen LogP contribution in [0.1, 0.15) is 13.8 Å². The van der Waals surface area contributed by atoms with Gasteiger partial charge in [0, 0.05) is 18.3 Å². The normalized spacial score (nSPS) is 19.3. The maximum atomic E-state index is 8.93. The predicted octanol–water partition coefficient (Wildman–Crippen LogP) is 1.78. The van der Waals surface area contributed by atoms with E-state index >= 15 is 0 Å². The first-order valence-corrected chi connectivity index (χ1v) is 6.42. The van der Waals surface area contributed by atoms with Crippen molar-refractivity contribution < 1.29 is 9.47 Å². The van der Waals surface area contributed by atoms with E-state index in [2.05, 4.69) is 11.0 Å². The van der Waals surface area contributed by atoms with Crippen LogP contribution in [-0.2, 0) is 4.74 Å². The van der Waals surface area contributed by atoms with Crippen LogP contribution in [0.4, 0.5) is 11.4 Å². The van der Waals surface area contributed by atoms with Crippen molar-refractivity contribution in [2.45, 2.75) is 26.1 Å². The highest BCUT2D eigenvalue weighted by Gasteiger charge is 2.20. The second kappa shape index (κ2) is 5.81. The van der Waals surface area contributed by atoms with Crippen LogP contribution in [0.25, 0.3) is 0 Å². The Labute approximate surface area is 113 Å². The zero-order valence-electron chi connectivity index (χ0n) is 11.3. The quantitative estimate of drug-likeness (QED) is 0.840. The van der Waals surface area contributed by atoms with E-state index in [0.29, 0.717) is 24.6 Å². The SMILES string of the molecule is CC(C)Oc1cc(N2CCOC(C#N)C2)ccc1N. The monoisotopic (exact) mass is 261 g/mol. The minimum Gasteiger partial charge on any atom is -0.489 e. The third-order valence-electron chi connectivity index (χ3n) is 2.94. The Balaban J connectivity index is 2.18. The van der Waals surface area contributed by atoms with Gasteiger partial charge in [0.2, 0.25) is 0 Å². The summed E-state index contributed by atoms with van der Waals surface area (Å²) in [5.74, 6) is 0.687. The molecule has 1 atom stereocenters. The zero-order chi connectivity index (χ0) is 13.8. The molecule has 0 radical (unpaired) electrons. The Kier molecular flexibility index (Phi) is 4.13. The van der Waals surface area contributed by atoms with Crippen LogP contribution in [0.2, 0.25) is 0 Å². The Morgan fingerprint density at radius 2 is 2.32 bits per heavy atom. The van der Waals surface area contributed by atoms with Crippen molar-refractivity contribution in [3.8, 4) is 11.8 Å². The number of anilines is 2. The molecule has 1 saturated heterocycles. The summed E-state index contributed by atoms with van der Waals surface area (Å²) in [6.07, 6.45) is -0.296. The molecule has 2 N–H and O–H groups in total. The number of nitrogens with two attached hydrogens (primary N) is 1. The van der Waals surface area contributed by atoms with Gasteiger partial charge in [-0.25, -0.2) is 0 Å². The highest BCUT2D eigenvalue weighted by molar-refractivity contribution is 5.62. The zero-order valence-corrected chi connectivity index (χ0v) is 11.3. The van der Waals surface area contributed by atoms with Crippen LogP contribution in [0.15, 0.2) is 18.2 Å². The molecular formula is C14H19N3O2. The Hall–Kier alpha value is -1.93. The molecule has 0 spiro atoms. The largest absolute Gasteiger partial charge is 0.489 e. The summed E-state index contributed by atoms with van der Waals surface area (Å²) in [5.41, 5.74) is 7.54. The van der Waals surface area contributed by atoms with Gasteiger partial charge in [-0.2, -0.15) is 5.26 Å². The van der Waals surface area contributed by atoms with E-state index in [1.54, 1.807) is 0 Å². The Morgan fingerprint density at radius 1 is 1.53 bits per heavy atom. The lowest BCUT2D eigenvalue weighted by molar-refractivity contribution is 0.0764. The fraction of sp³-hybridized carbons (Fsp3) is 0.500. The molecule has 1 heterocycles. The first-order chi connectivity index (χ1) is 9.10. The summed E-state index contributed by atoms with van der Waals surface area (Å²) in [6.45, 7) is 5.83. The Morgan fingerprint density at radius 3 is 3.00 bits per heavy atom. The van der Waals surface area contributed by atoms with Crippen LogP contribution < -0.4 is 15.4 Å². The van der Waals surface area contributed by atoms with Gasteiger partial charge in [-0.3, -0.25) is 0 Å². The number of benzene rings is 1. The molecule has 0 aliphatic carbocycles. The molecule has 1 aromatic carbocycles. The molecule has 5 heteroatoms. The van der Waals surface area contributed by atoms with Crippen molar-refractivity contribution >= 4 is 11.4 Å². The molecule has 1 fully saturated rings. The summed E-state index contributed by atoms with van der Waals surface area (Å²) < 4.78 is 11.0. The minimum absolute atomic E-state index is 0.0779. The molecule has 1 aliphatic heterocycles. The molecule has 0 bridgehead atoms. The summed E-state index contributed by atoms with van der Waals surface area (Å²) in [7, 11) is 0. The fourth-order valence-corrected chi connectivity index (χ4v) is 2.04. The van der Waals surface area contributed by atoms with Gasteiger partial charge in [0.05, 0.1) is 31.0 Å². The maximum absolute atomic E-state index is 8.93. The van der Waals surface area contributed by atoms with Gasteiger partial charge in [-0.15, -0.1) is 0 Å². The number of ether oxygens (including phenoxy) is 2. The number of hydrogen-bond donors (Lipinski definition) is 1. The number of hydrogen-bond acceptors (Lipinski definition) is 5. The van der Waals surface area contributed by atoms with Gasteiger partial charge >= 0.3 is 0 Å². The third kappa shape index (κ3) is 3.30. The fourth-order valence-electron chi connectivity index (χ4n) is 2.04. The van der Waals surface area contributed by atoms with E-state index in [1.165, 1.54) is 0 Å². The third-order valence-corrected chi connectivity index (χ3v) is 2.94. The minimum atomic E-state index is -0.374.